The predicted molar refractivity (Wildman–Crippen MR) is 310 cm³/mol. The number of nitrogens with one attached hydrogen (secondary N) is 5. The van der Waals surface area contributed by atoms with Crippen LogP contribution in [-0.4, -0.2) is 187 Å². The molecule has 0 aromatic heterocycles. The van der Waals surface area contributed by atoms with Gasteiger partial charge in [-0.2, -0.15) is 0 Å². The standard InChI is InChI=1S/C58H109N11O10/c1-21-43(63-54(75)47(66(17)48(70)32-38(8)9)33-40(12)27-25-23-22-24-26-28-59)57(78)65(16)34-49(71)67(18)45(30-36(4)5)55(76)64-50(39(10)11)58(79)69(20)46(31-37(6)7)53(74)61-41(13)51(72)62-42(14)56(77)68(19)44(29-35(2)3)52(73)60-15/h35-47,50H,21-34,59H2,1-20H3,(H,60,73)(H,61,74)(H,62,72)(H,63,75)(H,64,76)/t40-,41-,42?,43+,44+,45+,46+,47?,50+/m1/s1. The molecule has 0 aliphatic heterocycles. The molecular weight excluding hydrogens is 1010 g/mol. The van der Waals surface area contributed by atoms with Crippen molar-refractivity contribution in [3.8, 4) is 0 Å². The molecule has 0 fully saturated rings. The molecule has 79 heavy (non-hydrogen) atoms. The van der Waals surface area contributed by atoms with Gasteiger partial charge in [-0.1, -0.05) is 115 Å². The molecule has 21 nitrogen and oxygen atoms in total. The minimum atomic E-state index is -1.15. The summed E-state index contributed by atoms with van der Waals surface area (Å²) >= 11 is 0. The summed E-state index contributed by atoms with van der Waals surface area (Å²) in [7, 11) is 8.99. The Morgan fingerprint density at radius 3 is 1.35 bits per heavy atom. The average molecular weight is 1120 g/mol. The van der Waals surface area contributed by atoms with Crippen LogP contribution in [0.1, 0.15) is 174 Å². The highest BCUT2D eigenvalue weighted by Gasteiger charge is 2.39. The predicted octanol–water partition coefficient (Wildman–Crippen LogP) is 4.05. The van der Waals surface area contributed by atoms with E-state index in [1.165, 1.54) is 73.6 Å². The van der Waals surface area contributed by atoms with Gasteiger partial charge in [0.1, 0.15) is 48.3 Å². The van der Waals surface area contributed by atoms with E-state index in [0.717, 1.165) is 38.5 Å². The molecule has 0 spiro atoms. The van der Waals surface area contributed by atoms with Gasteiger partial charge >= 0.3 is 0 Å². The number of hydrogen-bond acceptors (Lipinski definition) is 11. The molecule has 0 saturated heterocycles. The second-order valence-electron chi connectivity index (χ2n) is 24.1. The molecule has 10 amide bonds. The first-order valence-electron chi connectivity index (χ1n) is 29.1. The maximum absolute atomic E-state index is 14.5. The first kappa shape index (κ1) is 73.7. The summed E-state index contributed by atoms with van der Waals surface area (Å²) in [6.45, 7) is 25.8. The topological polar surface area (TPSA) is 273 Å². The van der Waals surface area contributed by atoms with Gasteiger partial charge in [0.05, 0.1) is 6.54 Å². The van der Waals surface area contributed by atoms with Crippen molar-refractivity contribution in [2.45, 2.75) is 222 Å². The minimum absolute atomic E-state index is 0.0785. The molecule has 0 heterocycles. The fraction of sp³-hybridized carbons (Fsp3) is 0.828. The second kappa shape index (κ2) is 36.8. The largest absolute Gasteiger partial charge is 0.357 e. The Bertz CT molecular complexity index is 1960. The molecule has 0 aliphatic carbocycles. The summed E-state index contributed by atoms with van der Waals surface area (Å²) < 4.78 is 0. The first-order chi connectivity index (χ1) is 36.7. The molecule has 7 N–H and O–H groups in total. The Balaban J connectivity index is 6.33. The number of carbonyl (C=O) groups excluding carboxylic acids is 10. The Hall–Kier alpha value is -5.34. The zero-order valence-electron chi connectivity index (χ0n) is 52.4. The molecular formula is C58H109N11O10. The van der Waals surface area contributed by atoms with Crippen LogP contribution in [0, 0.1) is 35.5 Å². The van der Waals surface area contributed by atoms with Crippen LogP contribution in [0.4, 0.5) is 0 Å². The van der Waals surface area contributed by atoms with Crippen molar-refractivity contribution in [3.05, 3.63) is 0 Å². The molecule has 2 unspecified atom stereocenters. The SMILES string of the molecule is CC[C@H](NC(=O)C(C[C@H](C)CCCCCCCN)N(C)C(=O)CC(C)C)C(=O)N(C)CC(=O)N(C)[C@@H](CC(C)C)C(=O)N[C@H](C(=O)N(C)[C@@H](CC(C)C)C(=O)N[C@H](C)C(=O)NC(C)C(=O)N(C)[C@@H](CC(C)C)C(=O)NC)C(C)C. The average Bonchev–Trinajstić information content (AvgIpc) is 3.37. The van der Waals surface area contributed by atoms with E-state index in [0.29, 0.717) is 19.4 Å². The van der Waals surface area contributed by atoms with Crippen molar-refractivity contribution in [2.75, 3.05) is 55.4 Å². The van der Waals surface area contributed by atoms with Crippen LogP contribution >= 0.6 is 0 Å². The van der Waals surface area contributed by atoms with Gasteiger partial charge in [-0.15, -0.1) is 0 Å². The Labute approximate surface area is 475 Å². The summed E-state index contributed by atoms with van der Waals surface area (Å²) in [6, 6.07) is -8.05. The quantitative estimate of drug-likeness (QED) is 0.0483. The fourth-order valence-electron chi connectivity index (χ4n) is 9.41. The fourth-order valence-corrected chi connectivity index (χ4v) is 9.41. The molecule has 0 aliphatic rings. The lowest BCUT2D eigenvalue weighted by Gasteiger charge is -2.35. The zero-order valence-corrected chi connectivity index (χ0v) is 52.4. The van der Waals surface area contributed by atoms with Crippen LogP contribution < -0.4 is 32.3 Å². The van der Waals surface area contributed by atoms with E-state index < -0.39 is 108 Å². The molecule has 0 bridgehead atoms. The van der Waals surface area contributed by atoms with Gasteiger partial charge in [0, 0.05) is 48.7 Å². The normalized spacial score (nSPS) is 15.0. The van der Waals surface area contributed by atoms with Gasteiger partial charge in [-0.3, -0.25) is 47.9 Å². The summed E-state index contributed by atoms with van der Waals surface area (Å²) in [5, 5.41) is 13.7. The van der Waals surface area contributed by atoms with Crippen molar-refractivity contribution in [3.63, 3.8) is 0 Å². The monoisotopic (exact) mass is 1120 g/mol. The summed E-state index contributed by atoms with van der Waals surface area (Å²) in [5.74, 6) is -5.36. The van der Waals surface area contributed by atoms with Crippen LogP contribution in [0.15, 0.2) is 0 Å². The summed E-state index contributed by atoms with van der Waals surface area (Å²) in [6.07, 6.45) is 7.76. The third-order valence-electron chi connectivity index (χ3n) is 14.5. The molecule has 0 aromatic carbocycles. The van der Waals surface area contributed by atoms with Crippen molar-refractivity contribution >= 4 is 59.1 Å². The maximum Gasteiger partial charge on any atom is 0.245 e. The van der Waals surface area contributed by atoms with Crippen molar-refractivity contribution in [1.29, 1.82) is 0 Å². The minimum Gasteiger partial charge on any atom is -0.357 e. The molecule has 21 heteroatoms. The van der Waals surface area contributed by atoms with Crippen molar-refractivity contribution in [2.24, 2.45) is 41.2 Å². The number of carbonyl (C=O) groups is 10. The Morgan fingerprint density at radius 1 is 0.443 bits per heavy atom. The van der Waals surface area contributed by atoms with Gasteiger partial charge in [0.25, 0.3) is 0 Å². The third-order valence-corrected chi connectivity index (χ3v) is 14.5. The van der Waals surface area contributed by atoms with Crippen LogP contribution in [0.2, 0.25) is 0 Å². The highest BCUT2D eigenvalue weighted by molar-refractivity contribution is 5.98. The lowest BCUT2D eigenvalue weighted by atomic mass is 9.93. The van der Waals surface area contributed by atoms with Gasteiger partial charge in [-0.05, 0) is 94.4 Å². The lowest BCUT2D eigenvalue weighted by molar-refractivity contribution is -0.147. The number of unbranched alkanes of at least 4 members (excludes halogenated alkanes) is 4. The van der Waals surface area contributed by atoms with E-state index in [2.05, 4.69) is 33.5 Å². The molecule has 0 rings (SSSR count). The third kappa shape index (κ3) is 25.8. The first-order valence-corrected chi connectivity index (χ1v) is 29.1. The van der Waals surface area contributed by atoms with Crippen LogP contribution in [0.3, 0.4) is 0 Å². The zero-order chi connectivity index (χ0) is 61.2. The number of rotatable bonds is 37. The maximum atomic E-state index is 14.5. The van der Waals surface area contributed by atoms with Crippen LogP contribution in [0.5, 0.6) is 0 Å². The highest BCUT2D eigenvalue weighted by atomic mass is 16.2. The number of likely N-dealkylation sites (N-methyl/N-ethyl adjacent to an activating group) is 6. The van der Waals surface area contributed by atoms with E-state index in [1.54, 1.807) is 27.8 Å². The van der Waals surface area contributed by atoms with Gasteiger partial charge in [0.15, 0.2) is 0 Å². The Morgan fingerprint density at radius 2 is 0.873 bits per heavy atom. The van der Waals surface area contributed by atoms with Gasteiger partial charge in [0.2, 0.25) is 59.1 Å². The number of amides is 10. The molecule has 9 atom stereocenters. The van der Waals surface area contributed by atoms with E-state index in [-0.39, 0.29) is 67.1 Å². The van der Waals surface area contributed by atoms with Crippen molar-refractivity contribution < 1.29 is 47.9 Å². The smallest absolute Gasteiger partial charge is 0.245 e. The second-order valence-corrected chi connectivity index (χ2v) is 24.1. The molecule has 456 valence electrons. The Kier molecular flexibility index (Phi) is 34.3. The van der Waals surface area contributed by atoms with E-state index in [4.69, 9.17) is 5.73 Å². The molecule has 0 aromatic rings. The van der Waals surface area contributed by atoms with E-state index in [9.17, 15) is 47.9 Å². The van der Waals surface area contributed by atoms with Crippen molar-refractivity contribution in [1.82, 2.24) is 51.1 Å². The van der Waals surface area contributed by atoms with E-state index >= 15 is 0 Å². The number of nitrogens with zero attached hydrogens (tertiary/aromatic N) is 5. The van der Waals surface area contributed by atoms with Gasteiger partial charge < -0.3 is 56.8 Å². The number of hydrogen-bond donors (Lipinski definition) is 6. The lowest BCUT2D eigenvalue weighted by Crippen LogP contribution is -2.60. The number of nitrogens with two attached hydrogens (primary N) is 1. The van der Waals surface area contributed by atoms with Gasteiger partial charge in [-0.25, -0.2) is 0 Å². The van der Waals surface area contributed by atoms with Crippen LogP contribution in [0.25, 0.3) is 0 Å². The summed E-state index contributed by atoms with van der Waals surface area (Å²) in [4.78, 5) is 144. The highest BCUT2D eigenvalue weighted by Crippen LogP contribution is 2.22. The molecule has 0 saturated carbocycles. The van der Waals surface area contributed by atoms with E-state index in [1.807, 2.05) is 55.4 Å². The van der Waals surface area contributed by atoms with Crippen LogP contribution in [-0.2, 0) is 47.9 Å². The summed E-state index contributed by atoms with van der Waals surface area (Å²) in [5.41, 5.74) is 5.64. The molecule has 0 radical (unpaired) electrons.